The van der Waals surface area contributed by atoms with Crippen molar-refractivity contribution in [2.75, 3.05) is 5.32 Å². The van der Waals surface area contributed by atoms with E-state index in [0.717, 1.165) is 5.69 Å². The monoisotopic (exact) mass is 223 g/mol. The van der Waals surface area contributed by atoms with Gasteiger partial charge in [0.05, 0.1) is 5.69 Å². The molecule has 0 radical (unpaired) electrons. The minimum absolute atomic E-state index is 0. The number of hydrogen-bond acceptors (Lipinski definition) is 4. The fourth-order valence-corrected chi connectivity index (χ4v) is 1.16. The van der Waals surface area contributed by atoms with Crippen molar-refractivity contribution in [3.63, 3.8) is 0 Å². The van der Waals surface area contributed by atoms with E-state index in [2.05, 4.69) is 5.32 Å². The van der Waals surface area contributed by atoms with Gasteiger partial charge in [-0.3, -0.25) is 0 Å². The summed E-state index contributed by atoms with van der Waals surface area (Å²) in [6.45, 7) is 0. The molecule has 2 rings (SSSR count). The van der Waals surface area contributed by atoms with Crippen LogP contribution in [-0.2, 0) is 0 Å². The first kappa shape index (κ1) is 12.2. The second-order valence-corrected chi connectivity index (χ2v) is 2.65. The Bertz CT molecular complexity index is 453. The third kappa shape index (κ3) is 2.40. The van der Waals surface area contributed by atoms with Crippen LogP contribution in [0.4, 0.5) is 5.69 Å². The Morgan fingerprint density at radius 3 is 2.47 bits per heavy atom. The van der Waals surface area contributed by atoms with E-state index in [1.807, 2.05) is 18.2 Å². The number of hydrogen-bond donors (Lipinski definition) is 1. The Morgan fingerprint density at radius 2 is 1.87 bits per heavy atom. The maximum absolute atomic E-state index is 8.62. The van der Waals surface area contributed by atoms with Gasteiger partial charge in [-0.15, -0.1) is 0 Å². The van der Waals surface area contributed by atoms with Gasteiger partial charge < -0.3 is 10.1 Å². The van der Waals surface area contributed by atoms with Gasteiger partial charge in [0.2, 0.25) is 5.88 Å². The van der Waals surface area contributed by atoms with Gasteiger partial charge in [-0.05, 0) is 12.1 Å². The van der Waals surface area contributed by atoms with Gasteiger partial charge in [0.1, 0.15) is 12.1 Å². The molecule has 5 heteroatoms. The maximum atomic E-state index is 8.62. The van der Waals surface area contributed by atoms with Crippen molar-refractivity contribution in [2.24, 2.45) is 0 Å². The van der Waals surface area contributed by atoms with Crippen LogP contribution in [0.3, 0.4) is 0 Å². The molecule has 0 aromatic heterocycles. The summed E-state index contributed by atoms with van der Waals surface area (Å²) in [6.07, 6.45) is 0. The van der Waals surface area contributed by atoms with Crippen molar-refractivity contribution >= 4 is 57.1 Å². The molecule has 1 aliphatic rings. The molecule has 0 saturated carbocycles. The van der Waals surface area contributed by atoms with Crippen molar-refractivity contribution in [3.8, 4) is 17.9 Å². The zero-order chi connectivity index (χ0) is 9.97. The Morgan fingerprint density at radius 1 is 1.20 bits per heavy atom. The molecule has 1 heterocycles. The summed E-state index contributed by atoms with van der Waals surface area (Å²) in [5.41, 5.74) is 0.715. The van der Waals surface area contributed by atoms with Crippen LogP contribution in [0.2, 0.25) is 0 Å². The van der Waals surface area contributed by atoms with Crippen molar-refractivity contribution in [1.29, 1.82) is 10.5 Å². The zero-order valence-corrected chi connectivity index (χ0v) is 7.11. The molecule has 0 fully saturated rings. The number of rotatable bonds is 0. The van der Waals surface area contributed by atoms with Crippen molar-refractivity contribution in [2.45, 2.75) is 0 Å². The van der Waals surface area contributed by atoms with Gasteiger partial charge >= 0.3 is 51.4 Å². The zero-order valence-electron chi connectivity index (χ0n) is 7.11. The molecule has 0 saturated heterocycles. The van der Waals surface area contributed by atoms with E-state index < -0.39 is 0 Å². The van der Waals surface area contributed by atoms with Crippen LogP contribution in [0.5, 0.6) is 5.75 Å². The van der Waals surface area contributed by atoms with Crippen LogP contribution < -0.4 is 10.1 Å². The molecule has 68 valence electrons. The van der Waals surface area contributed by atoms with Crippen molar-refractivity contribution in [1.82, 2.24) is 0 Å². The second-order valence-electron chi connectivity index (χ2n) is 2.65. The summed E-state index contributed by atoms with van der Waals surface area (Å²) in [5.74, 6) is 0.835. The number of para-hydroxylation sites is 2. The summed E-state index contributed by atoms with van der Waals surface area (Å²) in [5, 5.41) is 20.1. The van der Waals surface area contributed by atoms with E-state index in [1.54, 1.807) is 18.2 Å². The number of fused-ring (bicyclic) bond motifs is 1. The van der Waals surface area contributed by atoms with Gasteiger partial charge in [-0.25, -0.2) is 0 Å². The van der Waals surface area contributed by atoms with Gasteiger partial charge in [0.25, 0.3) is 0 Å². The van der Waals surface area contributed by atoms with Gasteiger partial charge in [-0.2, -0.15) is 10.5 Å². The third-order valence-electron chi connectivity index (χ3n) is 1.80. The molecule has 4 nitrogen and oxygen atoms in total. The summed E-state index contributed by atoms with van der Waals surface area (Å²) in [7, 11) is 0. The average molecular weight is 223 g/mol. The topological polar surface area (TPSA) is 68.8 Å². The van der Waals surface area contributed by atoms with E-state index in [0.29, 0.717) is 5.75 Å². The van der Waals surface area contributed by atoms with Gasteiger partial charge in [-0.1, -0.05) is 12.1 Å². The molecular weight excluding hydrogens is 217 g/mol. The summed E-state index contributed by atoms with van der Waals surface area (Å²) in [4.78, 5) is 0. The normalized spacial score (nSPS) is 10.9. The molecular formula is C10H6KN3O. The van der Waals surface area contributed by atoms with Crippen LogP contribution in [0.15, 0.2) is 35.7 Å². The minimum atomic E-state index is -0.0544. The standard InChI is InChI=1S/C10H5N3O.K.H/c11-5-7(6-12)10-13-8-3-1-2-4-9(8)14-10;;/h1-4,13H;;. The first-order valence-electron chi connectivity index (χ1n) is 3.93. The molecule has 0 spiro atoms. The Kier molecular flexibility index (Phi) is 4.34. The number of benzene rings is 1. The molecule has 0 unspecified atom stereocenters. The predicted octanol–water partition coefficient (Wildman–Crippen LogP) is 1.10. The predicted molar refractivity (Wildman–Crippen MR) is 56.1 cm³/mol. The number of ether oxygens (including phenoxy) is 1. The van der Waals surface area contributed by atoms with Crippen LogP contribution in [-0.4, -0.2) is 51.4 Å². The summed E-state index contributed by atoms with van der Waals surface area (Å²) >= 11 is 0. The van der Waals surface area contributed by atoms with Crippen molar-refractivity contribution in [3.05, 3.63) is 35.7 Å². The van der Waals surface area contributed by atoms with Crippen LogP contribution in [0, 0.1) is 22.7 Å². The Hall–Kier alpha value is -0.824. The number of allylic oxidation sites excluding steroid dienone is 1. The molecule has 1 aromatic rings. The number of anilines is 1. The molecule has 0 amide bonds. The average Bonchev–Trinajstić information content (AvgIpc) is 2.63. The van der Waals surface area contributed by atoms with E-state index in [-0.39, 0.29) is 62.8 Å². The third-order valence-corrected chi connectivity index (χ3v) is 1.80. The molecule has 1 aliphatic heterocycles. The number of nitrogens with one attached hydrogen (secondary N) is 1. The van der Waals surface area contributed by atoms with Gasteiger partial charge in [0.15, 0.2) is 11.3 Å². The molecule has 1 aromatic carbocycles. The first-order valence-corrected chi connectivity index (χ1v) is 3.93. The first-order chi connectivity index (χ1) is 6.85. The van der Waals surface area contributed by atoms with Crippen molar-refractivity contribution < 1.29 is 4.74 Å². The molecule has 0 atom stereocenters. The summed E-state index contributed by atoms with van der Waals surface area (Å²) < 4.78 is 5.27. The van der Waals surface area contributed by atoms with Crippen LogP contribution in [0.1, 0.15) is 0 Å². The molecule has 15 heavy (non-hydrogen) atoms. The number of nitriles is 2. The van der Waals surface area contributed by atoms with Crippen LogP contribution in [0.25, 0.3) is 0 Å². The molecule has 0 bridgehead atoms. The Balaban J connectivity index is 0.00000112. The Labute approximate surface area is 130 Å². The number of nitrogens with zero attached hydrogens (tertiary/aromatic N) is 2. The van der Waals surface area contributed by atoms with Crippen LogP contribution >= 0.6 is 0 Å². The molecule has 1 N–H and O–H groups in total. The molecule has 0 aliphatic carbocycles. The van der Waals surface area contributed by atoms with E-state index in [9.17, 15) is 0 Å². The van der Waals surface area contributed by atoms with E-state index in [1.165, 1.54) is 0 Å². The fourth-order valence-electron chi connectivity index (χ4n) is 1.16. The fraction of sp³-hybridized carbons (Fsp3) is 0. The quantitative estimate of drug-likeness (QED) is 0.528. The van der Waals surface area contributed by atoms with Gasteiger partial charge in [0, 0.05) is 0 Å². The summed E-state index contributed by atoms with van der Waals surface area (Å²) in [6, 6.07) is 10.8. The SMILES string of the molecule is N#CC(C#N)=C1Nc2ccccc2O1.[KH]. The van der Waals surface area contributed by atoms with E-state index in [4.69, 9.17) is 15.3 Å². The second kappa shape index (κ2) is 5.31. The van der Waals surface area contributed by atoms with E-state index >= 15 is 0 Å².